The maximum absolute atomic E-state index is 11.9. The maximum Gasteiger partial charge on any atom is 0.508 e. The largest absolute Gasteiger partial charge is 0.508 e. The molecule has 17 heteroatoms. The van der Waals surface area contributed by atoms with Crippen molar-refractivity contribution in [3.05, 3.63) is 25.3 Å². The first-order chi connectivity index (χ1) is 21.5. The zero-order chi connectivity index (χ0) is 33.2. The minimum absolute atomic E-state index is 0. The van der Waals surface area contributed by atoms with Gasteiger partial charge in [-0.3, -0.25) is 0 Å². The first kappa shape index (κ1) is 45.6. The Labute approximate surface area is 325 Å². The Morgan fingerprint density at radius 2 is 1.06 bits per heavy atom. The molecule has 2 saturated carbocycles. The fourth-order valence-electron chi connectivity index (χ4n) is 4.67. The molecule has 0 aromatic rings. The average molecular weight is 824 g/mol. The van der Waals surface area contributed by atoms with Gasteiger partial charge in [-0.25, -0.2) is 19.2 Å². The van der Waals surface area contributed by atoms with E-state index in [-0.39, 0.29) is 117 Å². The number of hydrogen-bond acceptors (Lipinski definition) is 15. The van der Waals surface area contributed by atoms with Crippen LogP contribution in [0, 0.1) is 11.8 Å². The summed E-state index contributed by atoms with van der Waals surface area (Å²) in [7, 11) is 0. The second-order valence-electron chi connectivity index (χ2n) is 10.9. The molecule has 2 N–H and O–H groups in total. The molecule has 8 unspecified atom stereocenters. The quantitative estimate of drug-likeness (QED) is 0.0988. The number of allylic oxidation sites excluding steroid dienone is 2. The zero-order valence-corrected chi connectivity index (χ0v) is 32.7. The van der Waals surface area contributed by atoms with E-state index in [1.807, 2.05) is 0 Å². The van der Waals surface area contributed by atoms with Gasteiger partial charge in [-0.1, -0.05) is 12.2 Å². The Hall–Kier alpha value is -1.35. The Morgan fingerprint density at radius 1 is 0.638 bits per heavy atom. The molecule has 0 aliphatic heterocycles. The first-order valence-electron chi connectivity index (χ1n) is 15.0. The van der Waals surface area contributed by atoms with Crippen molar-refractivity contribution >= 4 is 24.6 Å². The molecule has 0 spiro atoms. The van der Waals surface area contributed by atoms with Gasteiger partial charge >= 0.3 is 24.6 Å². The van der Waals surface area contributed by atoms with Crippen LogP contribution in [0.2, 0.25) is 0 Å². The van der Waals surface area contributed by atoms with Gasteiger partial charge in [-0.05, 0) is 64.2 Å². The molecular formula is C30H46O15Y2. The van der Waals surface area contributed by atoms with Gasteiger partial charge < -0.3 is 52.8 Å². The number of hydrogen-bond donors (Lipinski definition) is 2. The zero-order valence-electron chi connectivity index (χ0n) is 27.0. The van der Waals surface area contributed by atoms with Crippen LogP contribution in [0.15, 0.2) is 25.3 Å². The number of aliphatic hydroxyl groups excluding tert-OH is 2. The molecule has 2 rings (SSSR count). The van der Waals surface area contributed by atoms with Gasteiger partial charge in [-0.2, -0.15) is 0 Å². The van der Waals surface area contributed by atoms with Gasteiger partial charge in [0, 0.05) is 65.4 Å². The standard InChI is InChI=1S/C30H46O15.2Y/c1-5-21-8-10-25(24(32)15-21)44-29(35)40-13-11-38-27(33)42-19(3)17-37-18-20(4)43-28(34)39-12-14-41-30(36)45-26-16-22(6-2)7-9-23(26)31;;/h5-6,19-26,31-32H,1-2,7-18H2,3-4H3;;. The normalized spacial score (nSPS) is 24.7. The van der Waals surface area contributed by atoms with Crippen LogP contribution >= 0.6 is 0 Å². The van der Waals surface area contributed by atoms with Gasteiger partial charge in [-0.15, -0.1) is 13.2 Å². The SMILES string of the molecule is C=CC1CCC(OC(=O)OCCOC(=O)OC(C)COCC(C)OC(=O)OCCOC(=O)OC2CC(C=C)CCC2O)C(O)C1.[Y].[Y]. The molecule has 0 saturated heterocycles. The Kier molecular flexibility index (Phi) is 24.9. The van der Waals surface area contributed by atoms with Crippen LogP contribution in [0.3, 0.4) is 0 Å². The minimum Gasteiger partial charge on any atom is -0.431 e. The van der Waals surface area contributed by atoms with Crippen molar-refractivity contribution < 1.29 is 137 Å². The third kappa shape index (κ3) is 19.4. The predicted octanol–water partition coefficient (Wildman–Crippen LogP) is 3.82. The summed E-state index contributed by atoms with van der Waals surface area (Å²) in [6.07, 6.45) is -1.34. The summed E-state index contributed by atoms with van der Waals surface area (Å²) >= 11 is 0. The van der Waals surface area contributed by atoms with E-state index in [1.165, 1.54) is 0 Å². The number of ether oxygens (including phenoxy) is 9. The molecule has 2 fully saturated rings. The molecule has 0 bridgehead atoms. The fraction of sp³-hybridized carbons (Fsp3) is 0.733. The maximum atomic E-state index is 11.9. The topological polar surface area (TPSA) is 192 Å². The molecule has 8 atom stereocenters. The van der Waals surface area contributed by atoms with E-state index in [0.717, 1.165) is 12.8 Å². The van der Waals surface area contributed by atoms with E-state index in [4.69, 9.17) is 42.6 Å². The number of carbonyl (C=O) groups excluding carboxylic acids is 4. The van der Waals surface area contributed by atoms with Crippen LogP contribution in [0.5, 0.6) is 0 Å². The van der Waals surface area contributed by atoms with E-state index in [0.29, 0.717) is 25.7 Å². The second-order valence-corrected chi connectivity index (χ2v) is 10.9. The number of carbonyl (C=O) groups is 4. The average Bonchev–Trinajstić information content (AvgIpc) is 2.99. The Morgan fingerprint density at radius 3 is 1.53 bits per heavy atom. The summed E-state index contributed by atoms with van der Waals surface area (Å²) in [5.41, 5.74) is 0. The summed E-state index contributed by atoms with van der Waals surface area (Å²) in [5.74, 6) is 0.325. The predicted molar refractivity (Wildman–Crippen MR) is 154 cm³/mol. The van der Waals surface area contributed by atoms with Gasteiger partial charge in [0.1, 0.15) is 50.8 Å². The van der Waals surface area contributed by atoms with E-state index < -0.39 is 61.2 Å². The molecule has 2 radical (unpaired) electrons. The summed E-state index contributed by atoms with van der Waals surface area (Å²) in [6, 6.07) is 0. The van der Waals surface area contributed by atoms with Crippen molar-refractivity contribution in [3.63, 3.8) is 0 Å². The van der Waals surface area contributed by atoms with Crippen molar-refractivity contribution in [2.45, 2.75) is 89.0 Å². The Balaban J connectivity index is 0.0000106. The molecular weight excluding hydrogens is 778 g/mol. The summed E-state index contributed by atoms with van der Waals surface area (Å²) in [4.78, 5) is 47.3. The van der Waals surface area contributed by atoms with Crippen molar-refractivity contribution in [3.8, 4) is 0 Å². The van der Waals surface area contributed by atoms with Gasteiger partial charge in [0.15, 0.2) is 0 Å². The van der Waals surface area contributed by atoms with Crippen molar-refractivity contribution in [2.24, 2.45) is 11.8 Å². The molecule has 0 heterocycles. The smallest absolute Gasteiger partial charge is 0.431 e. The summed E-state index contributed by atoms with van der Waals surface area (Å²) in [5, 5.41) is 20.0. The molecule has 0 amide bonds. The summed E-state index contributed by atoms with van der Waals surface area (Å²) in [6.45, 7) is 9.39. The monoisotopic (exact) mass is 824 g/mol. The molecule has 262 valence electrons. The van der Waals surface area contributed by atoms with Crippen LogP contribution in [-0.4, -0.2) is 111 Å². The van der Waals surface area contributed by atoms with Gasteiger partial charge in [0.25, 0.3) is 0 Å². The van der Waals surface area contributed by atoms with Crippen LogP contribution in [0.1, 0.15) is 52.4 Å². The van der Waals surface area contributed by atoms with E-state index in [2.05, 4.69) is 13.2 Å². The van der Waals surface area contributed by atoms with Gasteiger partial charge in [0.05, 0.1) is 25.4 Å². The van der Waals surface area contributed by atoms with Crippen LogP contribution in [-0.2, 0) is 108 Å². The van der Waals surface area contributed by atoms with E-state index >= 15 is 0 Å². The van der Waals surface area contributed by atoms with Gasteiger partial charge in [0.2, 0.25) is 0 Å². The van der Waals surface area contributed by atoms with Crippen LogP contribution in [0.25, 0.3) is 0 Å². The van der Waals surface area contributed by atoms with Crippen molar-refractivity contribution in [1.29, 1.82) is 0 Å². The third-order valence-corrected chi connectivity index (χ3v) is 7.10. The van der Waals surface area contributed by atoms with Crippen LogP contribution < -0.4 is 0 Å². The van der Waals surface area contributed by atoms with Crippen LogP contribution in [0.4, 0.5) is 19.2 Å². The van der Waals surface area contributed by atoms with E-state index in [9.17, 15) is 29.4 Å². The summed E-state index contributed by atoms with van der Waals surface area (Å²) < 4.78 is 45.1. The third-order valence-electron chi connectivity index (χ3n) is 7.10. The molecule has 0 aromatic heterocycles. The van der Waals surface area contributed by atoms with Crippen molar-refractivity contribution in [1.82, 2.24) is 0 Å². The van der Waals surface area contributed by atoms with E-state index in [1.54, 1.807) is 26.0 Å². The number of rotatable bonds is 16. The first-order valence-corrected chi connectivity index (χ1v) is 15.0. The fourth-order valence-corrected chi connectivity index (χ4v) is 4.67. The molecule has 2 aliphatic rings. The second kappa shape index (κ2) is 25.6. The van der Waals surface area contributed by atoms with Crippen molar-refractivity contribution in [2.75, 3.05) is 39.6 Å². The molecule has 2 aliphatic carbocycles. The molecule has 15 nitrogen and oxygen atoms in total. The number of aliphatic hydroxyl groups is 2. The minimum atomic E-state index is -1.00. The Bertz CT molecular complexity index is 968. The molecule has 0 aromatic carbocycles. The molecule has 47 heavy (non-hydrogen) atoms.